The highest BCUT2D eigenvalue weighted by molar-refractivity contribution is 7.44. The van der Waals surface area contributed by atoms with E-state index < -0.39 is 8.53 Å². The summed E-state index contributed by atoms with van der Waals surface area (Å²) < 4.78 is 26.2. The Morgan fingerprint density at radius 1 is 0.933 bits per heavy atom. The third-order valence-electron chi connectivity index (χ3n) is 5.48. The van der Waals surface area contributed by atoms with E-state index in [0.717, 1.165) is 38.7 Å². The van der Waals surface area contributed by atoms with Gasteiger partial charge in [-0.15, -0.1) is 0 Å². The number of hydrogen-bond donors (Lipinski definition) is 1. The Kier molecular flexibility index (Phi) is 13.5. The van der Waals surface area contributed by atoms with Crippen LogP contribution in [0.25, 0.3) is 0 Å². The molecule has 0 saturated carbocycles. The van der Waals surface area contributed by atoms with Gasteiger partial charge in [0.1, 0.15) is 0 Å². The Morgan fingerprint density at radius 3 is 1.87 bits per heavy atom. The monoisotopic (exact) mass is 449 g/mol. The second-order valence-corrected chi connectivity index (χ2v) is 10.5. The van der Waals surface area contributed by atoms with Gasteiger partial charge in [0.25, 0.3) is 8.53 Å². The van der Waals surface area contributed by atoms with Crippen molar-refractivity contribution in [3.05, 3.63) is 0 Å². The average Bonchev–Trinajstić information content (AvgIpc) is 3.19. The van der Waals surface area contributed by atoms with E-state index in [-0.39, 0.29) is 36.6 Å². The second-order valence-electron chi connectivity index (χ2n) is 9.11. The molecule has 7 heteroatoms. The van der Waals surface area contributed by atoms with Crippen LogP contribution >= 0.6 is 8.53 Å². The van der Waals surface area contributed by atoms with Gasteiger partial charge in [0.2, 0.25) is 0 Å². The van der Waals surface area contributed by atoms with Gasteiger partial charge in [-0.05, 0) is 60.8 Å². The van der Waals surface area contributed by atoms with Crippen molar-refractivity contribution in [3.63, 3.8) is 0 Å². The first-order valence-corrected chi connectivity index (χ1v) is 13.1. The average molecular weight is 450 g/mol. The quantitative estimate of drug-likeness (QED) is 0.434. The highest BCUT2D eigenvalue weighted by atomic mass is 31.2. The fraction of sp³-hybridized carbons (Fsp3) is 1.00. The standard InChI is InChI=1S/C16H34NO3P.C7H14O2/c1-8-10-18-21(17(12(3)4)13(5)6)20-16-11-14(7)19-15(16)9-2;1-3-7-6(8)4-5(2)9-7/h12-16H,8-11H2,1-7H3;5-8H,3-4H2,1-2H3/t14-,15+,16?,21?;5-,6?,7+/m00/s1. The Bertz CT molecular complexity index is 445. The van der Waals surface area contributed by atoms with E-state index in [4.69, 9.17) is 18.5 Å². The Labute approximate surface area is 186 Å². The van der Waals surface area contributed by atoms with Crippen molar-refractivity contribution >= 4 is 8.53 Å². The number of rotatable bonds is 10. The highest BCUT2D eigenvalue weighted by Gasteiger charge is 2.37. The predicted molar refractivity (Wildman–Crippen MR) is 125 cm³/mol. The molecule has 2 saturated heterocycles. The molecule has 30 heavy (non-hydrogen) atoms. The maximum absolute atomic E-state index is 9.23. The molecule has 2 rings (SSSR count). The number of hydrogen-bond acceptors (Lipinski definition) is 6. The summed E-state index contributed by atoms with van der Waals surface area (Å²) in [6, 6.07) is 0.820. The molecule has 2 aliphatic heterocycles. The van der Waals surface area contributed by atoms with Gasteiger partial charge in [0, 0.05) is 24.9 Å². The molecule has 3 unspecified atom stereocenters. The molecule has 2 heterocycles. The Balaban J connectivity index is 0.000000414. The van der Waals surface area contributed by atoms with E-state index in [1.165, 1.54) is 0 Å². The number of nitrogens with zero attached hydrogens (tertiary/aromatic N) is 1. The zero-order valence-electron chi connectivity index (χ0n) is 20.8. The van der Waals surface area contributed by atoms with Gasteiger partial charge in [0.05, 0.1) is 43.2 Å². The van der Waals surface area contributed by atoms with Gasteiger partial charge in [-0.3, -0.25) is 0 Å². The lowest BCUT2D eigenvalue weighted by molar-refractivity contribution is 0.0144. The first-order chi connectivity index (χ1) is 14.1. The van der Waals surface area contributed by atoms with Crippen molar-refractivity contribution in [1.82, 2.24) is 4.67 Å². The molecule has 0 radical (unpaired) electrons. The molecule has 0 aromatic rings. The van der Waals surface area contributed by atoms with Crippen molar-refractivity contribution in [2.45, 2.75) is 143 Å². The fourth-order valence-electron chi connectivity index (χ4n) is 4.11. The van der Waals surface area contributed by atoms with Gasteiger partial charge in [-0.2, -0.15) is 0 Å². The summed E-state index contributed by atoms with van der Waals surface area (Å²) in [7, 11) is -1.02. The van der Waals surface area contributed by atoms with Gasteiger partial charge >= 0.3 is 0 Å². The van der Waals surface area contributed by atoms with Crippen LogP contribution in [-0.2, 0) is 18.5 Å². The molecule has 0 bridgehead atoms. The topological polar surface area (TPSA) is 60.4 Å². The van der Waals surface area contributed by atoms with Crippen molar-refractivity contribution in [2.75, 3.05) is 6.61 Å². The van der Waals surface area contributed by atoms with Crippen LogP contribution in [0.2, 0.25) is 0 Å². The summed E-state index contributed by atoms with van der Waals surface area (Å²) in [6.45, 7) is 20.0. The lowest BCUT2D eigenvalue weighted by Gasteiger charge is -2.37. The maximum atomic E-state index is 9.23. The Morgan fingerprint density at radius 2 is 1.47 bits per heavy atom. The van der Waals surface area contributed by atoms with Crippen LogP contribution in [0, 0.1) is 0 Å². The summed E-state index contributed by atoms with van der Waals surface area (Å²) in [5.74, 6) is 0. The molecule has 0 aromatic carbocycles. The minimum atomic E-state index is -1.02. The summed E-state index contributed by atoms with van der Waals surface area (Å²) >= 11 is 0. The molecule has 1 N–H and O–H groups in total. The SMILES string of the molecule is CCCOP(OC1C[C@H](C)O[C@@H]1CC)N(C(C)C)C(C)C.CC[C@H]1O[C@@H](C)CC1O. The fourth-order valence-corrected chi connectivity index (χ4v) is 5.96. The minimum absolute atomic E-state index is 0.0972. The third-order valence-corrected chi connectivity index (χ3v) is 7.63. The maximum Gasteiger partial charge on any atom is 0.259 e. The molecule has 2 fully saturated rings. The molecule has 0 aromatic heterocycles. The van der Waals surface area contributed by atoms with Crippen LogP contribution in [0.15, 0.2) is 0 Å². The van der Waals surface area contributed by atoms with Crippen molar-refractivity contribution < 1.29 is 23.6 Å². The minimum Gasteiger partial charge on any atom is -0.390 e. The number of ether oxygens (including phenoxy) is 2. The zero-order valence-corrected chi connectivity index (χ0v) is 21.7. The van der Waals surface area contributed by atoms with E-state index >= 15 is 0 Å². The van der Waals surface area contributed by atoms with Crippen LogP contribution in [0.5, 0.6) is 0 Å². The van der Waals surface area contributed by atoms with Crippen LogP contribution in [0.1, 0.15) is 94.4 Å². The summed E-state index contributed by atoms with van der Waals surface area (Å²) in [4.78, 5) is 0. The molecule has 6 nitrogen and oxygen atoms in total. The van der Waals surface area contributed by atoms with E-state index in [9.17, 15) is 5.11 Å². The van der Waals surface area contributed by atoms with Crippen molar-refractivity contribution in [1.29, 1.82) is 0 Å². The largest absolute Gasteiger partial charge is 0.390 e. The van der Waals surface area contributed by atoms with Crippen molar-refractivity contribution in [3.8, 4) is 0 Å². The smallest absolute Gasteiger partial charge is 0.259 e. The molecule has 0 spiro atoms. The predicted octanol–water partition coefficient (Wildman–Crippen LogP) is 5.67. The first kappa shape index (κ1) is 28.2. The molecule has 7 atom stereocenters. The first-order valence-electron chi connectivity index (χ1n) is 12.0. The van der Waals surface area contributed by atoms with Crippen LogP contribution in [0.4, 0.5) is 0 Å². The lowest BCUT2D eigenvalue weighted by Crippen LogP contribution is -2.35. The van der Waals surface area contributed by atoms with E-state index in [1.54, 1.807) is 0 Å². The summed E-state index contributed by atoms with van der Waals surface area (Å²) in [6.07, 6.45) is 5.49. The molecular weight excluding hydrogens is 401 g/mol. The van der Waals surface area contributed by atoms with Crippen LogP contribution < -0.4 is 0 Å². The van der Waals surface area contributed by atoms with Gasteiger partial charge in [-0.25, -0.2) is 4.67 Å². The van der Waals surface area contributed by atoms with Gasteiger partial charge < -0.3 is 23.6 Å². The molecule has 0 amide bonds. The summed E-state index contributed by atoms with van der Waals surface area (Å²) in [5.41, 5.74) is 0. The van der Waals surface area contributed by atoms with E-state index in [1.807, 2.05) is 13.8 Å². The molecule has 180 valence electrons. The summed E-state index contributed by atoms with van der Waals surface area (Å²) in [5, 5.41) is 9.23. The van der Waals surface area contributed by atoms with Crippen molar-refractivity contribution in [2.24, 2.45) is 0 Å². The third kappa shape index (κ3) is 8.97. The molecule has 2 aliphatic rings. The highest BCUT2D eigenvalue weighted by Crippen LogP contribution is 2.49. The Hall–Kier alpha value is 0.190. The zero-order chi connectivity index (χ0) is 22.8. The van der Waals surface area contributed by atoms with Crippen LogP contribution in [0.3, 0.4) is 0 Å². The normalized spacial score (nSPS) is 32.7. The molecular formula is C23H48NO5P. The molecule has 0 aliphatic carbocycles. The number of aliphatic hydroxyl groups is 1. The van der Waals surface area contributed by atoms with Gasteiger partial charge in [-0.1, -0.05) is 20.8 Å². The van der Waals surface area contributed by atoms with Crippen LogP contribution in [-0.4, -0.2) is 65.1 Å². The number of aliphatic hydroxyl groups excluding tert-OH is 1. The van der Waals surface area contributed by atoms with E-state index in [2.05, 4.69) is 53.1 Å². The lowest BCUT2D eigenvalue weighted by atomic mass is 10.1. The van der Waals surface area contributed by atoms with Gasteiger partial charge in [0.15, 0.2) is 0 Å². The second kappa shape index (κ2) is 14.4. The van der Waals surface area contributed by atoms with E-state index in [0.29, 0.717) is 12.1 Å².